The molecule has 0 aliphatic carbocycles. The highest BCUT2D eigenvalue weighted by Crippen LogP contribution is 2.36. The van der Waals surface area contributed by atoms with E-state index in [1.165, 1.54) is 6.07 Å². The van der Waals surface area contributed by atoms with E-state index >= 15 is 0 Å². The van der Waals surface area contributed by atoms with Crippen molar-refractivity contribution in [2.75, 3.05) is 11.5 Å². The molecule has 1 nitrogen and oxygen atoms in total. The first-order valence-electron chi connectivity index (χ1n) is 5.48. The molecule has 2 rings (SSSR count). The summed E-state index contributed by atoms with van der Waals surface area (Å²) in [4.78, 5) is 0. The first-order valence-corrected chi connectivity index (χ1v) is 6.64. The molecule has 1 aliphatic rings. The topological polar surface area (TPSA) is 12.0 Å². The molecule has 0 saturated carbocycles. The van der Waals surface area contributed by atoms with Gasteiger partial charge in [-0.25, -0.2) is 0 Å². The highest BCUT2D eigenvalue weighted by atomic mass is 32.2. The Bertz CT molecular complexity index is 392. The highest BCUT2D eigenvalue weighted by Gasteiger charge is 2.35. The lowest BCUT2D eigenvalue weighted by atomic mass is 10.0. The van der Waals surface area contributed by atoms with E-state index in [9.17, 15) is 13.2 Å². The van der Waals surface area contributed by atoms with Gasteiger partial charge in [0.05, 0.1) is 5.56 Å². The van der Waals surface area contributed by atoms with E-state index in [0.29, 0.717) is 11.3 Å². The molecule has 1 aromatic rings. The van der Waals surface area contributed by atoms with E-state index < -0.39 is 11.7 Å². The molecule has 0 amide bonds. The molecule has 94 valence electrons. The summed E-state index contributed by atoms with van der Waals surface area (Å²) >= 11 is 1.70. The minimum atomic E-state index is -4.27. The number of halogens is 3. The van der Waals surface area contributed by atoms with Crippen LogP contribution in [0.25, 0.3) is 0 Å². The lowest BCUT2D eigenvalue weighted by molar-refractivity contribution is -0.138. The third-order valence-electron chi connectivity index (χ3n) is 2.78. The molecule has 1 aromatic carbocycles. The molecule has 1 saturated heterocycles. The Morgan fingerprint density at radius 1 is 1.24 bits per heavy atom. The molecular weight excluding hydrogens is 247 g/mol. The number of thioether (sulfide) groups is 1. The van der Waals surface area contributed by atoms with Crippen LogP contribution in [0.4, 0.5) is 13.2 Å². The van der Waals surface area contributed by atoms with Crippen LogP contribution in [0.5, 0.6) is 0 Å². The monoisotopic (exact) mass is 261 g/mol. The molecule has 0 radical (unpaired) electrons. The molecule has 0 bridgehead atoms. The molecule has 17 heavy (non-hydrogen) atoms. The summed E-state index contributed by atoms with van der Waals surface area (Å²) < 4.78 is 38.6. The van der Waals surface area contributed by atoms with Gasteiger partial charge in [-0.1, -0.05) is 18.2 Å². The van der Waals surface area contributed by atoms with Crippen molar-refractivity contribution >= 4 is 11.8 Å². The summed E-state index contributed by atoms with van der Waals surface area (Å²) in [5, 5.41) is 3.22. The first kappa shape index (κ1) is 12.8. The van der Waals surface area contributed by atoms with E-state index in [-0.39, 0.29) is 12.1 Å². The van der Waals surface area contributed by atoms with Gasteiger partial charge in [-0.2, -0.15) is 24.9 Å². The quantitative estimate of drug-likeness (QED) is 0.830. The Labute approximate surface area is 103 Å². The van der Waals surface area contributed by atoms with Gasteiger partial charge in [0.25, 0.3) is 0 Å². The Hall–Kier alpha value is -0.680. The Balaban J connectivity index is 2.31. The van der Waals surface area contributed by atoms with Crippen LogP contribution >= 0.6 is 11.8 Å². The molecule has 1 aliphatic heterocycles. The molecule has 0 spiro atoms. The van der Waals surface area contributed by atoms with Gasteiger partial charge in [-0.3, -0.25) is 0 Å². The van der Waals surface area contributed by atoms with E-state index in [2.05, 4.69) is 5.32 Å². The molecule has 1 fully saturated rings. The van der Waals surface area contributed by atoms with Crippen molar-refractivity contribution in [3.05, 3.63) is 35.4 Å². The van der Waals surface area contributed by atoms with Gasteiger partial charge >= 0.3 is 6.18 Å². The minimum absolute atomic E-state index is 0.207. The zero-order valence-corrected chi connectivity index (χ0v) is 10.2. The fourth-order valence-electron chi connectivity index (χ4n) is 2.04. The normalized spacial score (nSPS) is 25.9. The number of hydrogen-bond donors (Lipinski definition) is 1. The zero-order valence-electron chi connectivity index (χ0n) is 9.42. The van der Waals surface area contributed by atoms with Crippen LogP contribution in [0.3, 0.4) is 0 Å². The van der Waals surface area contributed by atoms with Crippen molar-refractivity contribution in [3.63, 3.8) is 0 Å². The predicted octanol–water partition coefficient (Wildman–Crippen LogP) is 3.47. The van der Waals surface area contributed by atoms with Crippen LogP contribution in [0.2, 0.25) is 0 Å². The lowest BCUT2D eigenvalue weighted by Crippen LogP contribution is -2.38. The van der Waals surface area contributed by atoms with E-state index in [1.54, 1.807) is 23.9 Å². The summed E-state index contributed by atoms with van der Waals surface area (Å²) in [5.74, 6) is 1.64. The molecule has 2 atom stereocenters. The Morgan fingerprint density at radius 2 is 1.94 bits per heavy atom. The van der Waals surface area contributed by atoms with Gasteiger partial charge in [-0.05, 0) is 18.6 Å². The molecule has 5 heteroatoms. The minimum Gasteiger partial charge on any atom is -0.306 e. The molecule has 0 aromatic heterocycles. The molecule has 1 heterocycles. The standard InChI is InChI=1S/C12H14F3NS/c1-8-6-17-7-11(16-8)9-4-2-3-5-10(9)12(13,14)15/h2-5,8,11,16H,6-7H2,1H3. The maximum Gasteiger partial charge on any atom is 0.416 e. The van der Waals surface area contributed by atoms with E-state index in [1.807, 2.05) is 6.92 Å². The second-order valence-electron chi connectivity index (χ2n) is 4.24. The third-order valence-corrected chi connectivity index (χ3v) is 4.08. The fourth-order valence-corrected chi connectivity index (χ4v) is 3.14. The van der Waals surface area contributed by atoms with Gasteiger partial charge in [-0.15, -0.1) is 0 Å². The third kappa shape index (κ3) is 2.96. The second-order valence-corrected chi connectivity index (χ2v) is 5.32. The van der Waals surface area contributed by atoms with E-state index in [4.69, 9.17) is 0 Å². The van der Waals surface area contributed by atoms with E-state index in [0.717, 1.165) is 11.8 Å². The summed E-state index contributed by atoms with van der Waals surface area (Å²) in [6, 6.07) is 5.86. The predicted molar refractivity (Wildman–Crippen MR) is 64.1 cm³/mol. The van der Waals surface area contributed by atoms with Crippen molar-refractivity contribution < 1.29 is 13.2 Å². The SMILES string of the molecule is CC1CSCC(c2ccccc2C(F)(F)F)N1. The second kappa shape index (κ2) is 4.90. The average molecular weight is 261 g/mol. The lowest BCUT2D eigenvalue weighted by Gasteiger charge is -2.30. The van der Waals surface area contributed by atoms with Crippen molar-refractivity contribution in [1.29, 1.82) is 0 Å². The molecule has 1 N–H and O–H groups in total. The van der Waals surface area contributed by atoms with Gasteiger partial charge in [0.2, 0.25) is 0 Å². The summed E-state index contributed by atoms with van der Waals surface area (Å²) in [5.41, 5.74) is -0.161. The van der Waals surface area contributed by atoms with Gasteiger partial charge in [0.1, 0.15) is 0 Å². The van der Waals surface area contributed by atoms with Crippen molar-refractivity contribution in [3.8, 4) is 0 Å². The van der Waals surface area contributed by atoms with Crippen LogP contribution < -0.4 is 5.32 Å². The van der Waals surface area contributed by atoms with Crippen molar-refractivity contribution in [2.45, 2.75) is 25.2 Å². The summed E-state index contributed by atoms with van der Waals surface area (Å²) in [7, 11) is 0. The number of alkyl halides is 3. The van der Waals surface area contributed by atoms with Crippen LogP contribution in [-0.4, -0.2) is 17.5 Å². The maximum atomic E-state index is 12.9. The van der Waals surface area contributed by atoms with Gasteiger partial charge in [0, 0.05) is 23.6 Å². The number of benzene rings is 1. The van der Waals surface area contributed by atoms with Crippen molar-refractivity contribution in [2.24, 2.45) is 0 Å². The summed E-state index contributed by atoms with van der Waals surface area (Å²) in [6.45, 7) is 2.00. The highest BCUT2D eigenvalue weighted by molar-refractivity contribution is 7.99. The molecule has 2 unspecified atom stereocenters. The number of hydrogen-bond acceptors (Lipinski definition) is 2. The van der Waals surface area contributed by atoms with Crippen LogP contribution in [-0.2, 0) is 6.18 Å². The fraction of sp³-hybridized carbons (Fsp3) is 0.500. The number of nitrogens with one attached hydrogen (secondary N) is 1. The summed E-state index contributed by atoms with van der Waals surface area (Å²) in [6.07, 6.45) is -4.27. The molecular formula is C12H14F3NS. The van der Waals surface area contributed by atoms with Crippen LogP contribution in [0, 0.1) is 0 Å². The largest absolute Gasteiger partial charge is 0.416 e. The van der Waals surface area contributed by atoms with Gasteiger partial charge < -0.3 is 5.32 Å². The Morgan fingerprint density at radius 3 is 2.59 bits per heavy atom. The smallest absolute Gasteiger partial charge is 0.306 e. The zero-order chi connectivity index (χ0) is 12.5. The first-order chi connectivity index (χ1) is 7.98. The average Bonchev–Trinajstić information content (AvgIpc) is 2.28. The maximum absolute atomic E-state index is 12.9. The van der Waals surface area contributed by atoms with Crippen LogP contribution in [0.1, 0.15) is 24.1 Å². The Kier molecular flexibility index (Phi) is 3.68. The number of rotatable bonds is 1. The van der Waals surface area contributed by atoms with Crippen LogP contribution in [0.15, 0.2) is 24.3 Å². The van der Waals surface area contributed by atoms with Gasteiger partial charge in [0.15, 0.2) is 0 Å². The van der Waals surface area contributed by atoms with Crippen molar-refractivity contribution in [1.82, 2.24) is 5.32 Å².